The number of aliphatic carboxylic acids is 1. The van der Waals surface area contributed by atoms with Gasteiger partial charge in [0.2, 0.25) is 5.91 Å². The third-order valence-corrected chi connectivity index (χ3v) is 4.78. The second-order valence-electron chi connectivity index (χ2n) is 7.58. The van der Waals surface area contributed by atoms with Crippen LogP contribution >= 0.6 is 0 Å². The van der Waals surface area contributed by atoms with E-state index >= 15 is 0 Å². The molecule has 2 rings (SSSR count). The smallest absolute Gasteiger partial charge is 0.310 e. The molecule has 3 N–H and O–H groups in total. The highest BCUT2D eigenvalue weighted by Gasteiger charge is 2.37. The van der Waals surface area contributed by atoms with Crippen molar-refractivity contribution in [2.24, 2.45) is 5.41 Å². The highest BCUT2D eigenvalue weighted by atomic mass is 16.4. The monoisotopic (exact) mass is 345 g/mol. The van der Waals surface area contributed by atoms with Crippen LogP contribution in [0, 0.1) is 5.41 Å². The quantitative estimate of drug-likeness (QED) is 0.735. The molecule has 0 saturated carbocycles. The highest BCUT2D eigenvalue weighted by molar-refractivity contribution is 5.95. The van der Waals surface area contributed by atoms with Crippen LogP contribution in [0.5, 0.6) is 0 Å². The van der Waals surface area contributed by atoms with E-state index in [9.17, 15) is 14.7 Å². The average molecular weight is 345 g/mol. The summed E-state index contributed by atoms with van der Waals surface area (Å²) in [6, 6.07) is 5.46. The fraction of sp³-hybridized carbons (Fsp3) is 0.526. The summed E-state index contributed by atoms with van der Waals surface area (Å²) < 4.78 is 0. The summed E-state index contributed by atoms with van der Waals surface area (Å²) in [5.41, 5.74) is 1.21. The van der Waals surface area contributed by atoms with Crippen molar-refractivity contribution in [2.75, 3.05) is 5.32 Å². The molecule has 0 unspecified atom stereocenters. The lowest BCUT2D eigenvalue weighted by molar-refractivity contribution is -0.151. The number of nitrogens with zero attached hydrogens (tertiary/aromatic N) is 1. The maximum Gasteiger partial charge on any atom is 0.310 e. The maximum atomic E-state index is 12.4. The van der Waals surface area contributed by atoms with Crippen molar-refractivity contribution >= 4 is 28.6 Å². The van der Waals surface area contributed by atoms with Gasteiger partial charge in [-0.2, -0.15) is 0 Å². The first-order valence-electron chi connectivity index (χ1n) is 8.65. The second kappa shape index (κ2) is 6.86. The average Bonchev–Trinajstić information content (AvgIpc) is 2.96. The number of benzene rings is 1. The minimum atomic E-state index is -1.01. The summed E-state index contributed by atoms with van der Waals surface area (Å²) in [4.78, 5) is 31.7. The van der Waals surface area contributed by atoms with Crippen molar-refractivity contribution in [1.82, 2.24) is 9.97 Å². The number of amides is 1. The van der Waals surface area contributed by atoms with Crippen molar-refractivity contribution in [3.63, 3.8) is 0 Å². The number of carboxylic acids is 1. The lowest BCUT2D eigenvalue weighted by atomic mass is 9.79. The number of imidazole rings is 1. The van der Waals surface area contributed by atoms with Crippen LogP contribution in [0.4, 0.5) is 5.69 Å². The van der Waals surface area contributed by atoms with Gasteiger partial charge in [0, 0.05) is 17.5 Å². The number of aromatic amines is 1. The van der Waals surface area contributed by atoms with Crippen molar-refractivity contribution in [3.8, 4) is 0 Å². The van der Waals surface area contributed by atoms with Gasteiger partial charge in [-0.05, 0) is 31.0 Å². The number of fused-ring (bicyclic) bond motifs is 1. The number of hydrogen-bond donors (Lipinski definition) is 3. The number of rotatable bonds is 6. The van der Waals surface area contributed by atoms with Crippen molar-refractivity contribution < 1.29 is 14.7 Å². The molecule has 0 aliphatic rings. The number of aromatic nitrogens is 2. The zero-order valence-electron chi connectivity index (χ0n) is 15.6. The number of carbonyl (C=O) groups excluding carboxylic acids is 1. The number of carbonyl (C=O) groups is 2. The fourth-order valence-electron chi connectivity index (χ4n) is 2.83. The van der Waals surface area contributed by atoms with E-state index in [1.54, 1.807) is 19.9 Å². The predicted molar refractivity (Wildman–Crippen MR) is 98.7 cm³/mol. The highest BCUT2D eigenvalue weighted by Crippen LogP contribution is 2.31. The largest absolute Gasteiger partial charge is 0.481 e. The molecular weight excluding hydrogens is 318 g/mol. The van der Waals surface area contributed by atoms with Crippen molar-refractivity contribution in [3.05, 3.63) is 24.0 Å². The van der Waals surface area contributed by atoms with Crippen LogP contribution in [0.1, 0.15) is 59.7 Å². The summed E-state index contributed by atoms with van der Waals surface area (Å²) in [6.07, 6.45) is 0.797. The Labute approximate surface area is 148 Å². The fourth-order valence-corrected chi connectivity index (χ4v) is 2.83. The van der Waals surface area contributed by atoms with Crippen LogP contribution in [-0.2, 0) is 15.0 Å². The number of nitrogens with one attached hydrogen (secondary N) is 2. The molecule has 0 atom stereocenters. The van der Waals surface area contributed by atoms with Gasteiger partial charge in [-0.3, -0.25) is 9.59 Å². The molecule has 0 aliphatic carbocycles. The molecule has 0 radical (unpaired) electrons. The molecule has 1 amide bonds. The Bertz CT molecular complexity index is 783. The van der Waals surface area contributed by atoms with Crippen LogP contribution in [-0.4, -0.2) is 27.0 Å². The van der Waals surface area contributed by atoms with Gasteiger partial charge in [0.25, 0.3) is 0 Å². The molecule has 2 aromatic rings. The summed E-state index contributed by atoms with van der Waals surface area (Å²) in [5.74, 6) is -0.333. The summed E-state index contributed by atoms with van der Waals surface area (Å²) in [6.45, 7) is 9.84. The number of H-pyrrole nitrogens is 1. The molecular formula is C19H27N3O3. The van der Waals surface area contributed by atoms with Gasteiger partial charge in [-0.1, -0.05) is 34.6 Å². The molecule has 0 bridgehead atoms. The molecule has 0 aliphatic heterocycles. The molecule has 0 saturated heterocycles. The SMILES string of the molecule is CCC(CC)(CC(=O)Nc1ccc2nc(C(C)(C)C)[nH]c2c1)C(=O)O. The lowest BCUT2D eigenvalue weighted by Crippen LogP contribution is -2.34. The van der Waals surface area contributed by atoms with E-state index in [1.165, 1.54) is 0 Å². The van der Waals surface area contributed by atoms with Crippen LogP contribution in [0.25, 0.3) is 11.0 Å². The third kappa shape index (κ3) is 4.00. The summed E-state index contributed by atoms with van der Waals surface area (Å²) in [7, 11) is 0. The van der Waals surface area contributed by atoms with Crippen molar-refractivity contribution in [2.45, 2.75) is 59.3 Å². The van der Waals surface area contributed by atoms with Crippen molar-refractivity contribution in [1.29, 1.82) is 0 Å². The molecule has 6 heteroatoms. The van der Waals surface area contributed by atoms with E-state index in [0.717, 1.165) is 16.9 Å². The third-order valence-electron chi connectivity index (χ3n) is 4.78. The Hall–Kier alpha value is -2.37. The second-order valence-corrected chi connectivity index (χ2v) is 7.58. The molecule has 1 heterocycles. The Morgan fingerprint density at radius 3 is 2.36 bits per heavy atom. The molecule has 6 nitrogen and oxygen atoms in total. The topological polar surface area (TPSA) is 95.1 Å². The Morgan fingerprint density at radius 2 is 1.84 bits per heavy atom. The van der Waals surface area contributed by atoms with Gasteiger partial charge in [-0.15, -0.1) is 0 Å². The molecule has 25 heavy (non-hydrogen) atoms. The Kier molecular flexibility index (Phi) is 5.20. The van der Waals surface area contributed by atoms with Crippen LogP contribution in [0.3, 0.4) is 0 Å². The van der Waals surface area contributed by atoms with Crippen LogP contribution < -0.4 is 5.32 Å². The van der Waals surface area contributed by atoms with Crippen LogP contribution in [0.15, 0.2) is 18.2 Å². The molecule has 0 fully saturated rings. The normalized spacial score (nSPS) is 12.4. The van der Waals surface area contributed by atoms with E-state index in [-0.39, 0.29) is 17.7 Å². The summed E-state index contributed by atoms with van der Waals surface area (Å²) in [5, 5.41) is 12.3. The van der Waals surface area contributed by atoms with Crippen LogP contribution in [0.2, 0.25) is 0 Å². The first-order valence-corrected chi connectivity index (χ1v) is 8.65. The van der Waals surface area contributed by atoms with E-state index in [0.29, 0.717) is 18.5 Å². The van der Waals surface area contributed by atoms with Gasteiger partial charge in [0.05, 0.1) is 16.4 Å². The minimum absolute atomic E-state index is 0.0381. The molecule has 136 valence electrons. The predicted octanol–water partition coefficient (Wildman–Crippen LogP) is 4.08. The minimum Gasteiger partial charge on any atom is -0.481 e. The Morgan fingerprint density at radius 1 is 1.20 bits per heavy atom. The number of hydrogen-bond acceptors (Lipinski definition) is 3. The zero-order chi connectivity index (χ0) is 18.8. The number of carboxylic acid groups (broad SMARTS) is 1. The van der Waals surface area contributed by atoms with E-state index in [4.69, 9.17) is 0 Å². The standard InChI is InChI=1S/C19H27N3O3/c1-6-19(7-2,17(24)25)11-15(23)20-12-8-9-13-14(10-12)22-16(21-13)18(3,4)5/h8-10H,6-7,11H2,1-5H3,(H,20,23)(H,21,22)(H,24,25). The van der Waals surface area contributed by atoms with Gasteiger partial charge in [0.15, 0.2) is 0 Å². The maximum absolute atomic E-state index is 12.4. The van der Waals surface area contributed by atoms with Gasteiger partial charge >= 0.3 is 5.97 Å². The van der Waals surface area contributed by atoms with E-state index in [1.807, 2.05) is 12.1 Å². The lowest BCUT2D eigenvalue weighted by Gasteiger charge is -2.25. The van der Waals surface area contributed by atoms with Gasteiger partial charge in [-0.25, -0.2) is 4.98 Å². The van der Waals surface area contributed by atoms with E-state index < -0.39 is 11.4 Å². The zero-order valence-corrected chi connectivity index (χ0v) is 15.6. The van der Waals surface area contributed by atoms with E-state index in [2.05, 4.69) is 36.1 Å². The molecule has 1 aromatic heterocycles. The summed E-state index contributed by atoms with van der Waals surface area (Å²) >= 11 is 0. The molecule has 0 spiro atoms. The van der Waals surface area contributed by atoms with Gasteiger partial charge < -0.3 is 15.4 Å². The van der Waals surface area contributed by atoms with Gasteiger partial charge in [0.1, 0.15) is 5.82 Å². The first-order chi connectivity index (χ1) is 11.6. The first kappa shape index (κ1) is 19.0. The number of anilines is 1. The molecule has 1 aromatic carbocycles. The Balaban J connectivity index is 2.19.